The van der Waals surface area contributed by atoms with Gasteiger partial charge in [0.2, 0.25) is 0 Å². The lowest BCUT2D eigenvalue weighted by Gasteiger charge is -2.34. The molecule has 3 heterocycles. The number of hydrogen-bond donors (Lipinski definition) is 1. The van der Waals surface area contributed by atoms with E-state index >= 15 is 0 Å². The average Bonchev–Trinajstić information content (AvgIpc) is 2.94. The molecule has 0 amide bonds. The number of ether oxygens (including phenoxy) is 1. The van der Waals surface area contributed by atoms with Gasteiger partial charge in [0.05, 0.1) is 23.2 Å². The highest BCUT2D eigenvalue weighted by Gasteiger charge is 2.53. The third-order valence-corrected chi connectivity index (χ3v) is 5.53. The lowest BCUT2D eigenvalue weighted by Crippen LogP contribution is -2.44. The maximum atomic E-state index is 11.9. The fourth-order valence-electron chi connectivity index (χ4n) is 3.98. The van der Waals surface area contributed by atoms with Crippen LogP contribution in [0, 0.1) is 11.3 Å². The van der Waals surface area contributed by atoms with Gasteiger partial charge in [0.1, 0.15) is 0 Å². The number of carbonyl (C=O) groups is 1. The molecule has 2 fully saturated rings. The lowest BCUT2D eigenvalue weighted by atomic mass is 9.74. The summed E-state index contributed by atoms with van der Waals surface area (Å²) in [6, 6.07) is 9.65. The van der Waals surface area contributed by atoms with Gasteiger partial charge in [-0.15, -0.1) is 0 Å². The van der Waals surface area contributed by atoms with Crippen LogP contribution in [-0.4, -0.2) is 47.3 Å². The van der Waals surface area contributed by atoms with Gasteiger partial charge in [-0.3, -0.25) is 14.7 Å². The van der Waals surface area contributed by atoms with Gasteiger partial charge >= 0.3 is 5.97 Å². The number of carboxylic acids is 1. The Morgan fingerprint density at radius 3 is 3.08 bits per heavy atom. The molecule has 0 radical (unpaired) electrons. The van der Waals surface area contributed by atoms with Gasteiger partial charge in [-0.25, -0.2) is 0 Å². The Morgan fingerprint density at radius 2 is 2.29 bits per heavy atom. The monoisotopic (exact) mass is 346 g/mol. The molecule has 1 aromatic carbocycles. The van der Waals surface area contributed by atoms with E-state index in [9.17, 15) is 9.90 Å². The van der Waals surface area contributed by atoms with Crippen LogP contribution in [-0.2, 0) is 16.1 Å². The fourth-order valence-corrected chi connectivity index (χ4v) is 4.16. The van der Waals surface area contributed by atoms with Crippen LogP contribution in [0.4, 0.5) is 0 Å². The number of aliphatic carboxylic acids is 1. The highest BCUT2D eigenvalue weighted by molar-refractivity contribution is 6.31. The van der Waals surface area contributed by atoms with Crippen molar-refractivity contribution in [2.75, 3.05) is 26.3 Å². The van der Waals surface area contributed by atoms with Crippen LogP contribution >= 0.6 is 11.6 Å². The molecule has 2 saturated heterocycles. The van der Waals surface area contributed by atoms with Gasteiger partial charge in [-0.05, 0) is 30.7 Å². The van der Waals surface area contributed by atoms with E-state index in [0.717, 1.165) is 23.1 Å². The van der Waals surface area contributed by atoms with Crippen LogP contribution in [0.25, 0.3) is 10.9 Å². The standard InChI is InChI=1S/C18H19ClN2O3/c19-14-2-4-16-12(7-14)1-3-15(20-16)9-21-8-13-10-24-6-5-18(13,11-21)17(22)23/h1-4,7,13H,5-6,8-11H2,(H,22,23)/t13-,18+/m1/s1. The summed E-state index contributed by atoms with van der Waals surface area (Å²) >= 11 is 6.01. The van der Waals surface area contributed by atoms with Gasteiger partial charge in [-0.2, -0.15) is 0 Å². The minimum atomic E-state index is -0.695. The van der Waals surface area contributed by atoms with Gasteiger partial charge in [0, 0.05) is 42.6 Å². The molecule has 6 heteroatoms. The van der Waals surface area contributed by atoms with E-state index in [-0.39, 0.29) is 5.92 Å². The third-order valence-electron chi connectivity index (χ3n) is 5.30. The minimum absolute atomic E-state index is 0.0583. The Bertz CT molecular complexity index is 797. The molecule has 0 bridgehead atoms. The smallest absolute Gasteiger partial charge is 0.311 e. The van der Waals surface area contributed by atoms with Crippen molar-refractivity contribution in [1.29, 1.82) is 0 Å². The molecule has 2 aromatic rings. The minimum Gasteiger partial charge on any atom is -0.481 e. The Morgan fingerprint density at radius 1 is 1.42 bits per heavy atom. The number of nitrogens with zero attached hydrogens (tertiary/aromatic N) is 2. The number of fused-ring (bicyclic) bond motifs is 2. The van der Waals surface area contributed by atoms with Crippen molar-refractivity contribution in [3.63, 3.8) is 0 Å². The summed E-state index contributed by atoms with van der Waals surface area (Å²) in [6.45, 7) is 3.03. The van der Waals surface area contributed by atoms with Crippen LogP contribution in [0.15, 0.2) is 30.3 Å². The first-order valence-corrected chi connectivity index (χ1v) is 8.53. The van der Waals surface area contributed by atoms with Gasteiger partial charge in [0.25, 0.3) is 0 Å². The Labute approximate surface area is 145 Å². The topological polar surface area (TPSA) is 62.7 Å². The maximum absolute atomic E-state index is 11.9. The zero-order valence-electron chi connectivity index (χ0n) is 13.2. The van der Waals surface area contributed by atoms with E-state index in [1.165, 1.54) is 0 Å². The van der Waals surface area contributed by atoms with Crippen LogP contribution in [0.5, 0.6) is 0 Å². The number of rotatable bonds is 3. The summed E-state index contributed by atoms with van der Waals surface area (Å²) in [5, 5.41) is 11.4. The Balaban J connectivity index is 1.55. The van der Waals surface area contributed by atoms with Gasteiger partial charge in [0.15, 0.2) is 0 Å². The molecule has 1 N–H and O–H groups in total. The molecule has 2 aliphatic rings. The van der Waals surface area contributed by atoms with Crippen molar-refractivity contribution in [3.05, 3.63) is 41.0 Å². The zero-order valence-corrected chi connectivity index (χ0v) is 14.0. The molecular weight excluding hydrogens is 328 g/mol. The molecule has 0 saturated carbocycles. The molecule has 2 atom stereocenters. The van der Waals surface area contributed by atoms with Crippen molar-refractivity contribution in [2.24, 2.45) is 11.3 Å². The summed E-state index contributed by atoms with van der Waals surface area (Å²) in [6.07, 6.45) is 0.590. The molecule has 5 nitrogen and oxygen atoms in total. The third kappa shape index (κ3) is 2.66. The summed E-state index contributed by atoms with van der Waals surface area (Å²) in [5.74, 6) is -0.637. The quantitative estimate of drug-likeness (QED) is 0.926. The van der Waals surface area contributed by atoms with E-state index in [1.54, 1.807) is 0 Å². The molecule has 0 spiro atoms. The number of likely N-dealkylation sites (tertiary alicyclic amines) is 1. The normalized spacial score (nSPS) is 27.3. The Kier molecular flexibility index (Phi) is 3.95. The van der Waals surface area contributed by atoms with Crippen LogP contribution in [0.3, 0.4) is 0 Å². The molecule has 1 aromatic heterocycles. The predicted octanol–water partition coefficient (Wildman–Crippen LogP) is 2.81. The van der Waals surface area contributed by atoms with Crippen molar-refractivity contribution >= 4 is 28.5 Å². The largest absolute Gasteiger partial charge is 0.481 e. The molecule has 0 aliphatic carbocycles. The van der Waals surface area contributed by atoms with Gasteiger partial charge in [-0.1, -0.05) is 17.7 Å². The van der Waals surface area contributed by atoms with E-state index in [1.807, 2.05) is 30.3 Å². The van der Waals surface area contributed by atoms with E-state index < -0.39 is 11.4 Å². The maximum Gasteiger partial charge on any atom is 0.311 e. The zero-order chi connectivity index (χ0) is 16.7. The first kappa shape index (κ1) is 15.8. The number of hydrogen-bond acceptors (Lipinski definition) is 4. The van der Waals surface area contributed by atoms with Gasteiger partial charge < -0.3 is 9.84 Å². The van der Waals surface area contributed by atoms with Crippen LogP contribution in [0.2, 0.25) is 5.02 Å². The second-order valence-corrected chi connectivity index (χ2v) is 7.23. The second-order valence-electron chi connectivity index (χ2n) is 6.79. The van der Waals surface area contributed by atoms with E-state index in [2.05, 4.69) is 9.88 Å². The predicted molar refractivity (Wildman–Crippen MR) is 91.0 cm³/mol. The first-order chi connectivity index (χ1) is 11.6. The van der Waals surface area contributed by atoms with E-state index in [0.29, 0.717) is 37.7 Å². The van der Waals surface area contributed by atoms with Crippen molar-refractivity contribution in [1.82, 2.24) is 9.88 Å². The summed E-state index contributed by atoms with van der Waals surface area (Å²) < 4.78 is 5.51. The number of halogens is 1. The molecule has 4 rings (SSSR count). The van der Waals surface area contributed by atoms with Crippen molar-refractivity contribution < 1.29 is 14.6 Å². The van der Waals surface area contributed by atoms with Crippen LogP contribution < -0.4 is 0 Å². The fraction of sp³-hybridized carbons (Fsp3) is 0.444. The van der Waals surface area contributed by atoms with E-state index in [4.69, 9.17) is 16.3 Å². The summed E-state index contributed by atoms with van der Waals surface area (Å²) in [4.78, 5) is 18.7. The highest BCUT2D eigenvalue weighted by Crippen LogP contribution is 2.42. The summed E-state index contributed by atoms with van der Waals surface area (Å²) in [7, 11) is 0. The molecule has 24 heavy (non-hydrogen) atoms. The first-order valence-electron chi connectivity index (χ1n) is 8.15. The SMILES string of the molecule is O=C(O)[C@]12CCOC[C@H]1CN(Cc1ccc3cc(Cl)ccc3n1)C2. The average molecular weight is 347 g/mol. The van der Waals surface area contributed by atoms with Crippen molar-refractivity contribution in [3.8, 4) is 0 Å². The highest BCUT2D eigenvalue weighted by atomic mass is 35.5. The summed E-state index contributed by atoms with van der Waals surface area (Å²) in [5.41, 5.74) is 1.19. The number of benzene rings is 1. The molecule has 2 aliphatic heterocycles. The molecule has 0 unspecified atom stereocenters. The number of pyridine rings is 1. The van der Waals surface area contributed by atoms with Crippen molar-refractivity contribution in [2.45, 2.75) is 13.0 Å². The van der Waals surface area contributed by atoms with Crippen LogP contribution in [0.1, 0.15) is 12.1 Å². The molecule has 126 valence electrons. The Hall–Kier alpha value is -1.69. The molecular formula is C18H19ClN2O3. The number of aromatic nitrogens is 1. The lowest BCUT2D eigenvalue weighted by molar-refractivity contribution is -0.157. The number of carboxylic acid groups (broad SMARTS) is 1. The second kappa shape index (κ2) is 5.99.